The van der Waals surface area contributed by atoms with Crippen molar-refractivity contribution < 1.29 is 14.0 Å². The molecule has 1 aromatic carbocycles. The molecular weight excluding hydrogens is 329 g/mol. The Balaban J connectivity index is 1.97. The van der Waals surface area contributed by atoms with Crippen molar-refractivity contribution in [3.05, 3.63) is 41.8 Å². The fourth-order valence-corrected chi connectivity index (χ4v) is 2.82. The summed E-state index contributed by atoms with van der Waals surface area (Å²) in [5.41, 5.74) is 0.318. The molecule has 0 aliphatic rings. The van der Waals surface area contributed by atoms with E-state index >= 15 is 0 Å². The third-order valence-electron chi connectivity index (χ3n) is 3.64. The number of nitrogens with one attached hydrogen (secondary N) is 1. The highest BCUT2D eigenvalue weighted by Crippen LogP contribution is 2.23. The molecule has 1 unspecified atom stereocenters. The van der Waals surface area contributed by atoms with Gasteiger partial charge in [-0.1, -0.05) is 13.0 Å². The number of carbonyl (C=O) groups excluding carboxylic acids is 2. The number of amides is 1. The molecule has 1 amide bonds. The van der Waals surface area contributed by atoms with Gasteiger partial charge in [-0.15, -0.1) is 11.8 Å². The van der Waals surface area contributed by atoms with Gasteiger partial charge in [0.15, 0.2) is 5.78 Å². The number of thioether (sulfide) groups is 1. The molecule has 5 nitrogen and oxygen atoms in total. The van der Waals surface area contributed by atoms with E-state index < -0.39 is 5.82 Å². The van der Waals surface area contributed by atoms with Crippen LogP contribution in [0.5, 0.6) is 0 Å². The van der Waals surface area contributed by atoms with Crippen LogP contribution in [0.3, 0.4) is 0 Å². The quantitative estimate of drug-likeness (QED) is 0.608. The number of ketones is 1. The molecule has 0 aliphatic heterocycles. The lowest BCUT2D eigenvalue weighted by molar-refractivity contribution is -0.113. The Morgan fingerprint density at radius 1 is 1.38 bits per heavy atom. The van der Waals surface area contributed by atoms with Crippen LogP contribution in [-0.4, -0.2) is 27.2 Å². The lowest BCUT2D eigenvalue weighted by Gasteiger charge is -2.14. The van der Waals surface area contributed by atoms with Crippen molar-refractivity contribution in [1.82, 2.24) is 9.78 Å². The van der Waals surface area contributed by atoms with E-state index in [1.165, 1.54) is 19.1 Å². The highest BCUT2D eigenvalue weighted by atomic mass is 32.2. The second-order valence-corrected chi connectivity index (χ2v) is 6.47. The van der Waals surface area contributed by atoms with Gasteiger partial charge in [-0.25, -0.2) is 9.07 Å². The van der Waals surface area contributed by atoms with E-state index in [4.69, 9.17) is 0 Å². The Bertz CT molecular complexity index is 745. The van der Waals surface area contributed by atoms with E-state index in [0.717, 1.165) is 18.2 Å². The molecule has 24 heavy (non-hydrogen) atoms. The van der Waals surface area contributed by atoms with Crippen LogP contribution in [0.4, 0.5) is 10.2 Å². The molecule has 0 bridgehead atoms. The maximum atomic E-state index is 13.9. The first-order chi connectivity index (χ1) is 11.4. The topological polar surface area (TPSA) is 64.0 Å². The molecular formula is C17H20FN3O2S. The number of aromatic nitrogens is 2. The van der Waals surface area contributed by atoms with Crippen LogP contribution in [-0.2, 0) is 4.79 Å². The SMILES string of the molecule is CCC(C)n1nccc1NC(=O)CSc1ccc(C(C)=O)cc1F. The monoisotopic (exact) mass is 349 g/mol. The standard InChI is InChI=1S/C17H20FN3O2S/c1-4-11(2)21-16(7-8-19-21)20-17(23)10-24-15-6-5-13(12(3)22)9-14(15)18/h5-9,11H,4,10H2,1-3H3,(H,20,23). The van der Waals surface area contributed by atoms with Crippen molar-refractivity contribution in [1.29, 1.82) is 0 Å². The van der Waals surface area contributed by atoms with Crippen LogP contribution >= 0.6 is 11.8 Å². The third-order valence-corrected chi connectivity index (χ3v) is 4.69. The van der Waals surface area contributed by atoms with Crippen LogP contribution in [0, 0.1) is 5.82 Å². The van der Waals surface area contributed by atoms with E-state index in [0.29, 0.717) is 16.3 Å². The van der Waals surface area contributed by atoms with Gasteiger partial charge in [0.2, 0.25) is 5.91 Å². The molecule has 2 aromatic rings. The molecule has 2 rings (SSSR count). The number of benzene rings is 1. The number of Topliss-reactive ketones (excluding diaryl/α,β-unsaturated/α-hetero) is 1. The van der Waals surface area contributed by atoms with Gasteiger partial charge in [0.1, 0.15) is 11.6 Å². The Morgan fingerprint density at radius 3 is 2.75 bits per heavy atom. The van der Waals surface area contributed by atoms with Gasteiger partial charge < -0.3 is 5.32 Å². The van der Waals surface area contributed by atoms with Crippen LogP contribution in [0.15, 0.2) is 35.4 Å². The van der Waals surface area contributed by atoms with Crippen molar-refractivity contribution in [2.45, 2.75) is 38.1 Å². The molecule has 0 saturated heterocycles. The Labute approximate surface area is 144 Å². The number of carbonyl (C=O) groups is 2. The third kappa shape index (κ3) is 4.44. The zero-order valence-electron chi connectivity index (χ0n) is 13.9. The molecule has 0 saturated carbocycles. The first-order valence-corrected chi connectivity index (χ1v) is 8.67. The summed E-state index contributed by atoms with van der Waals surface area (Å²) >= 11 is 1.09. The van der Waals surface area contributed by atoms with Crippen molar-refractivity contribution in [3.8, 4) is 0 Å². The molecule has 1 atom stereocenters. The summed E-state index contributed by atoms with van der Waals surface area (Å²) in [6.07, 6.45) is 2.53. The Morgan fingerprint density at radius 2 is 2.12 bits per heavy atom. The first-order valence-electron chi connectivity index (χ1n) is 7.69. The number of nitrogens with zero attached hydrogens (tertiary/aromatic N) is 2. The molecule has 0 spiro atoms. The van der Waals surface area contributed by atoms with Crippen LogP contribution in [0.2, 0.25) is 0 Å². The van der Waals surface area contributed by atoms with Gasteiger partial charge in [-0.3, -0.25) is 9.59 Å². The summed E-state index contributed by atoms with van der Waals surface area (Å²) in [6.45, 7) is 5.44. The molecule has 1 N–H and O–H groups in total. The average molecular weight is 349 g/mol. The minimum atomic E-state index is -0.495. The number of hydrogen-bond donors (Lipinski definition) is 1. The number of hydrogen-bond acceptors (Lipinski definition) is 4. The summed E-state index contributed by atoms with van der Waals surface area (Å²) in [6, 6.07) is 6.19. The lowest BCUT2D eigenvalue weighted by Crippen LogP contribution is -2.19. The smallest absolute Gasteiger partial charge is 0.235 e. The van der Waals surface area contributed by atoms with Gasteiger partial charge in [0.05, 0.1) is 18.0 Å². The summed E-state index contributed by atoms with van der Waals surface area (Å²) < 4.78 is 15.7. The zero-order valence-corrected chi connectivity index (χ0v) is 14.7. The lowest BCUT2D eigenvalue weighted by atomic mass is 10.1. The van der Waals surface area contributed by atoms with Gasteiger partial charge in [-0.2, -0.15) is 5.10 Å². The van der Waals surface area contributed by atoms with E-state index in [-0.39, 0.29) is 23.5 Å². The Hall–Kier alpha value is -2.15. The van der Waals surface area contributed by atoms with Crippen LogP contribution in [0.1, 0.15) is 43.6 Å². The highest BCUT2D eigenvalue weighted by molar-refractivity contribution is 8.00. The van der Waals surface area contributed by atoms with E-state index in [9.17, 15) is 14.0 Å². The fourth-order valence-electron chi connectivity index (χ4n) is 2.10. The van der Waals surface area contributed by atoms with E-state index in [1.54, 1.807) is 23.0 Å². The molecule has 0 aliphatic carbocycles. The number of rotatable bonds is 7. The minimum absolute atomic E-state index is 0.0715. The van der Waals surface area contributed by atoms with Crippen molar-refractivity contribution in [2.24, 2.45) is 0 Å². The maximum absolute atomic E-state index is 13.9. The minimum Gasteiger partial charge on any atom is -0.310 e. The second-order valence-electron chi connectivity index (χ2n) is 5.46. The predicted octanol–water partition coefficient (Wildman–Crippen LogP) is 3.93. The van der Waals surface area contributed by atoms with Gasteiger partial charge >= 0.3 is 0 Å². The number of anilines is 1. The fraction of sp³-hybridized carbons (Fsp3) is 0.353. The van der Waals surface area contributed by atoms with Crippen molar-refractivity contribution in [3.63, 3.8) is 0 Å². The van der Waals surface area contributed by atoms with Crippen LogP contribution < -0.4 is 5.32 Å². The maximum Gasteiger partial charge on any atom is 0.235 e. The van der Waals surface area contributed by atoms with Crippen molar-refractivity contribution >= 4 is 29.3 Å². The van der Waals surface area contributed by atoms with Gasteiger partial charge in [0, 0.05) is 16.5 Å². The molecule has 7 heteroatoms. The second kappa shape index (κ2) is 8.10. The summed E-state index contributed by atoms with van der Waals surface area (Å²) in [5, 5.41) is 6.99. The first kappa shape index (κ1) is 18.2. The molecule has 1 heterocycles. The summed E-state index contributed by atoms with van der Waals surface area (Å²) in [4.78, 5) is 23.6. The molecule has 0 radical (unpaired) electrons. The molecule has 0 fully saturated rings. The van der Waals surface area contributed by atoms with E-state index in [2.05, 4.69) is 10.4 Å². The van der Waals surface area contributed by atoms with Crippen molar-refractivity contribution in [2.75, 3.05) is 11.1 Å². The molecule has 1 aromatic heterocycles. The summed E-state index contributed by atoms with van der Waals surface area (Å²) in [7, 11) is 0. The molecule has 128 valence electrons. The average Bonchev–Trinajstić information content (AvgIpc) is 3.00. The largest absolute Gasteiger partial charge is 0.310 e. The summed E-state index contributed by atoms with van der Waals surface area (Å²) in [5.74, 6) is -0.226. The zero-order chi connectivity index (χ0) is 17.7. The van der Waals surface area contributed by atoms with Gasteiger partial charge in [-0.05, 0) is 32.4 Å². The van der Waals surface area contributed by atoms with Crippen LogP contribution in [0.25, 0.3) is 0 Å². The highest BCUT2D eigenvalue weighted by Gasteiger charge is 2.13. The Kier molecular flexibility index (Phi) is 6.14. The normalized spacial score (nSPS) is 12.0. The van der Waals surface area contributed by atoms with E-state index in [1.807, 2.05) is 13.8 Å². The predicted molar refractivity (Wildman–Crippen MR) is 93.0 cm³/mol. The number of halogens is 1. The van der Waals surface area contributed by atoms with Gasteiger partial charge in [0.25, 0.3) is 0 Å².